The highest BCUT2D eigenvalue weighted by atomic mass is 35.5. The van der Waals surface area contributed by atoms with E-state index in [9.17, 15) is 0 Å². The van der Waals surface area contributed by atoms with Crippen molar-refractivity contribution in [1.82, 2.24) is 0 Å². The van der Waals surface area contributed by atoms with Crippen LogP contribution in [0.2, 0.25) is 0 Å². The number of allylic oxidation sites excluding steroid dienone is 2. The van der Waals surface area contributed by atoms with Gasteiger partial charge < -0.3 is 8.85 Å². The van der Waals surface area contributed by atoms with Gasteiger partial charge in [-0.05, 0) is 13.8 Å². The standard InChI is InChI=1S/C7H13ClO2Si/c1-6(2)9-11(5-8)10-7(3)4/h11H,1,3,5H2,2,4H3. The quantitative estimate of drug-likeness (QED) is 0.377. The maximum Gasteiger partial charge on any atom is 0.459 e. The molecule has 0 aromatic heterocycles. The minimum Gasteiger partial charge on any atom is -0.518 e. The Morgan fingerprint density at radius 1 is 1.27 bits per heavy atom. The highest BCUT2D eigenvalue weighted by molar-refractivity contribution is 6.56. The molecule has 0 aromatic rings. The van der Waals surface area contributed by atoms with Gasteiger partial charge in [-0.2, -0.15) is 0 Å². The van der Waals surface area contributed by atoms with Gasteiger partial charge in [0.25, 0.3) is 0 Å². The van der Waals surface area contributed by atoms with Crippen LogP contribution in [0.15, 0.2) is 24.7 Å². The maximum absolute atomic E-state index is 5.59. The summed E-state index contributed by atoms with van der Waals surface area (Å²) >= 11 is 5.59. The molecule has 0 amide bonds. The molecule has 0 atom stereocenters. The monoisotopic (exact) mass is 192 g/mol. The van der Waals surface area contributed by atoms with Gasteiger partial charge in [0.1, 0.15) is 0 Å². The van der Waals surface area contributed by atoms with Gasteiger partial charge in [-0.3, -0.25) is 0 Å². The lowest BCUT2D eigenvalue weighted by atomic mass is 10.7. The van der Waals surface area contributed by atoms with E-state index in [2.05, 4.69) is 13.2 Å². The second-order valence-corrected chi connectivity index (χ2v) is 4.79. The minimum absolute atomic E-state index is 0.403. The molecule has 0 fully saturated rings. The van der Waals surface area contributed by atoms with Crippen LogP contribution in [-0.2, 0) is 8.85 Å². The average Bonchev–Trinajstić information content (AvgIpc) is 1.84. The number of hydrogen-bond acceptors (Lipinski definition) is 2. The predicted molar refractivity (Wildman–Crippen MR) is 49.7 cm³/mol. The summed E-state index contributed by atoms with van der Waals surface area (Å²) in [7, 11) is -1.76. The van der Waals surface area contributed by atoms with Gasteiger partial charge in [0.05, 0.1) is 17.0 Å². The molecule has 0 saturated heterocycles. The van der Waals surface area contributed by atoms with Crippen LogP contribution in [-0.4, -0.2) is 14.8 Å². The van der Waals surface area contributed by atoms with Crippen LogP contribution in [0.5, 0.6) is 0 Å². The van der Waals surface area contributed by atoms with Crippen LogP contribution in [0.3, 0.4) is 0 Å². The van der Waals surface area contributed by atoms with E-state index >= 15 is 0 Å². The van der Waals surface area contributed by atoms with Gasteiger partial charge in [0.15, 0.2) is 0 Å². The molecule has 2 nitrogen and oxygen atoms in total. The summed E-state index contributed by atoms with van der Waals surface area (Å²) in [5.41, 5.74) is 0.403. The van der Waals surface area contributed by atoms with Crippen LogP contribution >= 0.6 is 11.6 Å². The fourth-order valence-electron chi connectivity index (χ4n) is 0.536. The third kappa shape index (κ3) is 6.00. The van der Waals surface area contributed by atoms with Gasteiger partial charge in [-0.15, -0.1) is 11.6 Å². The van der Waals surface area contributed by atoms with Crippen molar-refractivity contribution in [3.8, 4) is 0 Å². The first-order valence-corrected chi connectivity index (χ1v) is 5.56. The van der Waals surface area contributed by atoms with E-state index in [4.69, 9.17) is 20.5 Å². The Kier molecular flexibility index (Phi) is 5.07. The summed E-state index contributed by atoms with van der Waals surface area (Å²) in [6.45, 7) is 10.7. The molecule has 0 heterocycles. The molecule has 0 aliphatic carbocycles. The third-order valence-corrected chi connectivity index (χ3v) is 3.13. The Hall–Kier alpha value is -0.413. The molecule has 64 valence electrons. The lowest BCUT2D eigenvalue weighted by molar-refractivity contribution is 0.303. The van der Waals surface area contributed by atoms with Crippen LogP contribution < -0.4 is 0 Å². The van der Waals surface area contributed by atoms with Crippen molar-refractivity contribution in [2.24, 2.45) is 0 Å². The Balaban J connectivity index is 3.76. The van der Waals surface area contributed by atoms with E-state index in [1.54, 1.807) is 13.8 Å². The second kappa shape index (κ2) is 5.27. The van der Waals surface area contributed by atoms with E-state index in [1.165, 1.54) is 0 Å². The van der Waals surface area contributed by atoms with Crippen LogP contribution in [0, 0.1) is 0 Å². The molecule has 4 heteroatoms. The van der Waals surface area contributed by atoms with Crippen molar-refractivity contribution in [1.29, 1.82) is 0 Å². The average molecular weight is 193 g/mol. The molecule has 0 saturated carbocycles. The Morgan fingerprint density at radius 3 is 1.82 bits per heavy atom. The van der Waals surface area contributed by atoms with Crippen molar-refractivity contribution in [2.75, 3.05) is 5.50 Å². The lowest BCUT2D eigenvalue weighted by Crippen LogP contribution is -2.23. The van der Waals surface area contributed by atoms with E-state index in [0.29, 0.717) is 17.0 Å². The molecule has 0 radical (unpaired) electrons. The number of halogens is 1. The molecule has 11 heavy (non-hydrogen) atoms. The summed E-state index contributed by atoms with van der Waals surface area (Å²) in [6, 6.07) is 0. The Labute approximate surface area is 74.3 Å². The van der Waals surface area contributed by atoms with Gasteiger partial charge in [0.2, 0.25) is 0 Å². The number of alkyl halides is 1. The molecule has 0 rings (SSSR count). The SMILES string of the molecule is C=C(C)O[SiH](CCl)OC(=C)C. The number of hydrogen-bond donors (Lipinski definition) is 0. The summed E-state index contributed by atoms with van der Waals surface area (Å²) in [6.07, 6.45) is 0. The third-order valence-electron chi connectivity index (χ3n) is 0.791. The molecule has 0 N–H and O–H groups in total. The largest absolute Gasteiger partial charge is 0.518 e. The Morgan fingerprint density at radius 2 is 1.64 bits per heavy atom. The first kappa shape index (κ1) is 10.6. The van der Waals surface area contributed by atoms with Crippen LogP contribution in [0.4, 0.5) is 0 Å². The summed E-state index contributed by atoms with van der Waals surface area (Å²) in [5, 5.41) is 0. The van der Waals surface area contributed by atoms with Crippen LogP contribution in [0.1, 0.15) is 13.8 Å². The summed E-state index contributed by atoms with van der Waals surface area (Å²) in [4.78, 5) is 0. The Bertz CT molecular complexity index is 143. The van der Waals surface area contributed by atoms with E-state index in [0.717, 1.165) is 0 Å². The molecule has 0 aromatic carbocycles. The predicted octanol–water partition coefficient (Wildman–Crippen LogP) is 2.09. The first-order valence-electron chi connectivity index (χ1n) is 3.26. The molecular formula is C7H13ClO2Si. The second-order valence-electron chi connectivity index (χ2n) is 2.22. The summed E-state index contributed by atoms with van der Waals surface area (Å²) < 4.78 is 10.5. The van der Waals surface area contributed by atoms with Gasteiger partial charge in [-0.25, -0.2) is 0 Å². The van der Waals surface area contributed by atoms with E-state index < -0.39 is 9.28 Å². The fourth-order valence-corrected chi connectivity index (χ4v) is 1.99. The smallest absolute Gasteiger partial charge is 0.459 e. The van der Waals surface area contributed by atoms with Crippen molar-refractivity contribution >= 4 is 20.9 Å². The topological polar surface area (TPSA) is 18.5 Å². The fraction of sp³-hybridized carbons (Fsp3) is 0.429. The van der Waals surface area contributed by atoms with Gasteiger partial charge >= 0.3 is 9.28 Å². The molecule has 0 bridgehead atoms. The highest BCUT2D eigenvalue weighted by Crippen LogP contribution is 2.03. The van der Waals surface area contributed by atoms with Crippen molar-refractivity contribution in [2.45, 2.75) is 13.8 Å². The zero-order valence-corrected chi connectivity index (χ0v) is 8.80. The first-order chi connectivity index (χ1) is 5.06. The van der Waals surface area contributed by atoms with Crippen molar-refractivity contribution < 1.29 is 8.85 Å². The van der Waals surface area contributed by atoms with E-state index in [-0.39, 0.29) is 0 Å². The van der Waals surface area contributed by atoms with Gasteiger partial charge in [0, 0.05) is 0 Å². The molecule has 0 aliphatic heterocycles. The molecule has 0 spiro atoms. The highest BCUT2D eigenvalue weighted by Gasteiger charge is 2.13. The minimum atomic E-state index is -1.76. The van der Waals surface area contributed by atoms with Crippen molar-refractivity contribution in [3.63, 3.8) is 0 Å². The lowest BCUT2D eigenvalue weighted by Gasteiger charge is -2.15. The number of rotatable bonds is 5. The van der Waals surface area contributed by atoms with Crippen molar-refractivity contribution in [3.05, 3.63) is 24.7 Å². The summed E-state index contributed by atoms with van der Waals surface area (Å²) in [5.74, 6) is 1.28. The maximum atomic E-state index is 5.59. The molecular weight excluding hydrogens is 180 g/mol. The zero-order valence-electron chi connectivity index (χ0n) is 6.89. The van der Waals surface area contributed by atoms with Gasteiger partial charge in [-0.1, -0.05) is 13.2 Å². The molecule has 0 aliphatic rings. The molecule has 0 unspecified atom stereocenters. The normalized spacial score (nSPS) is 9.45. The van der Waals surface area contributed by atoms with E-state index in [1.807, 2.05) is 0 Å². The zero-order chi connectivity index (χ0) is 8.85. The van der Waals surface area contributed by atoms with Crippen LogP contribution in [0.25, 0.3) is 0 Å².